The highest BCUT2D eigenvalue weighted by Gasteiger charge is 2.40. The fourth-order valence-corrected chi connectivity index (χ4v) is 3.95. The third kappa shape index (κ3) is 4.87. The predicted octanol–water partition coefficient (Wildman–Crippen LogP) is 5.65. The van der Waals surface area contributed by atoms with Crippen molar-refractivity contribution in [2.45, 2.75) is 13.8 Å². The van der Waals surface area contributed by atoms with Crippen molar-refractivity contribution in [3.63, 3.8) is 0 Å². The van der Waals surface area contributed by atoms with Crippen molar-refractivity contribution in [3.05, 3.63) is 93.1 Å². The monoisotopic (exact) mass is 509 g/mol. The highest BCUT2D eigenvalue weighted by atomic mass is 35.5. The molecule has 3 aromatic rings. The Bertz CT molecular complexity index is 1400. The number of rotatable bonds is 6. The quantitative estimate of drug-likeness (QED) is 0.419. The van der Waals surface area contributed by atoms with Crippen LogP contribution in [0.1, 0.15) is 21.5 Å². The van der Waals surface area contributed by atoms with Gasteiger partial charge in [-0.3, -0.25) is 14.4 Å². The van der Waals surface area contributed by atoms with Crippen molar-refractivity contribution in [2.75, 3.05) is 22.6 Å². The van der Waals surface area contributed by atoms with E-state index in [1.807, 2.05) is 26.0 Å². The number of methoxy groups -OCH3 is 1. The molecular weight excluding hydrogens is 489 g/mol. The van der Waals surface area contributed by atoms with Crippen LogP contribution in [0.25, 0.3) is 0 Å². The number of nitrogens with one attached hydrogen (secondary N) is 2. The summed E-state index contributed by atoms with van der Waals surface area (Å²) in [5.74, 6) is -1.31. The summed E-state index contributed by atoms with van der Waals surface area (Å²) in [5, 5.41) is 5.96. The maximum atomic E-state index is 13.2. The van der Waals surface area contributed by atoms with Crippen LogP contribution in [-0.2, 0) is 9.59 Å². The smallest absolute Gasteiger partial charge is 0.283 e. The number of halogens is 2. The van der Waals surface area contributed by atoms with Crippen molar-refractivity contribution in [1.29, 1.82) is 0 Å². The number of carbonyl (C=O) groups is 3. The molecule has 9 heteroatoms. The number of imide groups is 1. The lowest BCUT2D eigenvalue weighted by atomic mass is 10.1. The zero-order valence-corrected chi connectivity index (χ0v) is 20.6. The number of amides is 3. The summed E-state index contributed by atoms with van der Waals surface area (Å²) >= 11 is 12.4. The van der Waals surface area contributed by atoms with Crippen LogP contribution in [0.5, 0.6) is 5.75 Å². The van der Waals surface area contributed by atoms with E-state index in [9.17, 15) is 14.4 Å². The molecule has 0 saturated carbocycles. The van der Waals surface area contributed by atoms with E-state index >= 15 is 0 Å². The number of ether oxygens (including phenoxy) is 1. The number of benzene rings is 3. The third-order valence-electron chi connectivity index (χ3n) is 5.43. The molecule has 0 atom stereocenters. The van der Waals surface area contributed by atoms with Gasteiger partial charge in [-0.25, -0.2) is 4.90 Å². The third-order valence-corrected chi connectivity index (χ3v) is 6.18. The van der Waals surface area contributed by atoms with Gasteiger partial charge in [-0.05, 0) is 67.4 Å². The number of carbonyl (C=O) groups excluding carboxylic acids is 3. The van der Waals surface area contributed by atoms with Crippen LogP contribution in [0.3, 0.4) is 0 Å². The van der Waals surface area contributed by atoms with Crippen molar-refractivity contribution in [3.8, 4) is 5.75 Å². The summed E-state index contributed by atoms with van der Waals surface area (Å²) in [4.78, 5) is 39.8. The van der Waals surface area contributed by atoms with E-state index in [2.05, 4.69) is 10.6 Å². The first kappa shape index (κ1) is 24.3. The van der Waals surface area contributed by atoms with E-state index in [1.165, 1.54) is 7.11 Å². The number of aryl methyl sites for hydroxylation is 2. The van der Waals surface area contributed by atoms with Gasteiger partial charge in [0.25, 0.3) is 17.7 Å². The van der Waals surface area contributed by atoms with Crippen LogP contribution in [0, 0.1) is 13.8 Å². The summed E-state index contributed by atoms with van der Waals surface area (Å²) in [6.07, 6.45) is 0. The maximum Gasteiger partial charge on any atom is 0.283 e. The van der Waals surface area contributed by atoms with Crippen LogP contribution >= 0.6 is 23.2 Å². The van der Waals surface area contributed by atoms with Gasteiger partial charge in [0.1, 0.15) is 16.5 Å². The Hall–Kier alpha value is -3.81. The van der Waals surface area contributed by atoms with Crippen molar-refractivity contribution >= 4 is 58.0 Å². The first-order valence-corrected chi connectivity index (χ1v) is 11.3. The molecular formula is C26H21Cl2N3O4. The minimum Gasteiger partial charge on any atom is -0.495 e. The lowest BCUT2D eigenvalue weighted by Gasteiger charge is -2.18. The second-order valence-electron chi connectivity index (χ2n) is 7.93. The summed E-state index contributed by atoms with van der Waals surface area (Å²) in [5.41, 5.74) is 3.23. The molecule has 7 nitrogen and oxygen atoms in total. The number of nitrogens with zero attached hydrogens (tertiary/aromatic N) is 1. The zero-order valence-electron chi connectivity index (χ0n) is 19.1. The van der Waals surface area contributed by atoms with Gasteiger partial charge in [-0.2, -0.15) is 0 Å². The normalized spacial score (nSPS) is 13.3. The average Bonchev–Trinajstić information content (AvgIpc) is 3.04. The molecule has 0 radical (unpaired) electrons. The molecule has 0 aromatic heterocycles. The highest BCUT2D eigenvalue weighted by molar-refractivity contribution is 6.53. The summed E-state index contributed by atoms with van der Waals surface area (Å²) in [6.45, 7) is 3.71. The van der Waals surface area contributed by atoms with E-state index in [0.29, 0.717) is 33.4 Å². The standard InChI is InChI=1S/C26H21Cl2N3O4/c1-14-7-10-21(35-3)20(11-14)31-25(33)22(28)23(26(31)34)29-17-6-4-5-16(12-17)24(32)30-18-9-8-15(2)19(27)13-18/h4-13,29H,1-3H3,(H,30,32). The number of hydrogen-bond acceptors (Lipinski definition) is 5. The van der Waals surface area contributed by atoms with Crippen LogP contribution in [0.4, 0.5) is 17.1 Å². The molecule has 4 rings (SSSR count). The molecule has 0 saturated heterocycles. The van der Waals surface area contributed by atoms with Crippen molar-refractivity contribution in [1.82, 2.24) is 0 Å². The van der Waals surface area contributed by atoms with E-state index in [1.54, 1.807) is 48.5 Å². The maximum absolute atomic E-state index is 13.2. The summed E-state index contributed by atoms with van der Waals surface area (Å²) in [6, 6.07) is 16.9. The van der Waals surface area contributed by atoms with E-state index in [-0.39, 0.29) is 16.6 Å². The van der Waals surface area contributed by atoms with Gasteiger partial charge in [-0.15, -0.1) is 0 Å². The van der Waals surface area contributed by atoms with E-state index < -0.39 is 11.8 Å². The van der Waals surface area contributed by atoms with Crippen LogP contribution < -0.4 is 20.3 Å². The number of anilines is 3. The Morgan fingerprint density at radius 2 is 1.69 bits per heavy atom. The zero-order chi connectivity index (χ0) is 25.3. The van der Waals surface area contributed by atoms with E-state index in [4.69, 9.17) is 27.9 Å². The Morgan fingerprint density at radius 3 is 2.40 bits per heavy atom. The largest absolute Gasteiger partial charge is 0.495 e. The van der Waals surface area contributed by atoms with Gasteiger partial charge in [0.2, 0.25) is 0 Å². The first-order valence-electron chi connectivity index (χ1n) is 10.6. The minimum atomic E-state index is -0.673. The molecule has 2 N–H and O–H groups in total. The molecule has 1 heterocycles. The van der Waals surface area contributed by atoms with Crippen LogP contribution in [0.15, 0.2) is 71.4 Å². The van der Waals surface area contributed by atoms with Gasteiger partial charge in [0, 0.05) is 22.0 Å². The predicted molar refractivity (Wildman–Crippen MR) is 137 cm³/mol. The molecule has 0 bridgehead atoms. The second kappa shape index (κ2) is 9.82. The van der Waals surface area contributed by atoms with Crippen LogP contribution in [0.2, 0.25) is 5.02 Å². The van der Waals surface area contributed by atoms with E-state index in [0.717, 1.165) is 16.0 Å². The molecule has 1 aliphatic rings. The highest BCUT2D eigenvalue weighted by Crippen LogP contribution is 2.36. The molecule has 0 aliphatic carbocycles. The Balaban J connectivity index is 1.56. The SMILES string of the molecule is COc1ccc(C)cc1N1C(=O)C(Cl)=C(Nc2cccc(C(=O)Nc3ccc(C)c(Cl)c3)c2)C1=O. The number of hydrogen-bond donors (Lipinski definition) is 2. The Morgan fingerprint density at radius 1 is 0.914 bits per heavy atom. The minimum absolute atomic E-state index is 0.0944. The Kier molecular flexibility index (Phi) is 6.82. The fourth-order valence-electron chi connectivity index (χ4n) is 3.56. The average molecular weight is 510 g/mol. The summed E-state index contributed by atoms with van der Waals surface area (Å²) < 4.78 is 5.32. The Labute approximate surface area is 212 Å². The topological polar surface area (TPSA) is 87.7 Å². The van der Waals surface area contributed by atoms with Gasteiger partial charge < -0.3 is 15.4 Å². The van der Waals surface area contributed by atoms with Gasteiger partial charge >= 0.3 is 0 Å². The molecule has 3 amide bonds. The van der Waals surface area contributed by atoms with Gasteiger partial charge in [0.05, 0.1) is 12.8 Å². The second-order valence-corrected chi connectivity index (χ2v) is 8.72. The summed E-state index contributed by atoms with van der Waals surface area (Å²) in [7, 11) is 1.45. The molecule has 0 unspecified atom stereocenters. The van der Waals surface area contributed by atoms with Crippen LogP contribution in [-0.4, -0.2) is 24.8 Å². The first-order chi connectivity index (χ1) is 16.7. The molecule has 3 aromatic carbocycles. The molecule has 178 valence electrons. The molecule has 0 spiro atoms. The van der Waals surface area contributed by atoms with Crippen molar-refractivity contribution < 1.29 is 19.1 Å². The lowest BCUT2D eigenvalue weighted by molar-refractivity contribution is -0.120. The lowest BCUT2D eigenvalue weighted by Crippen LogP contribution is -2.32. The molecule has 0 fully saturated rings. The van der Waals surface area contributed by atoms with Gasteiger partial charge in [-0.1, -0.05) is 41.4 Å². The molecule has 1 aliphatic heterocycles. The fraction of sp³-hybridized carbons (Fsp3) is 0.115. The molecule has 35 heavy (non-hydrogen) atoms. The van der Waals surface area contributed by atoms with Gasteiger partial charge in [0.15, 0.2) is 0 Å². The van der Waals surface area contributed by atoms with Crippen molar-refractivity contribution in [2.24, 2.45) is 0 Å².